The van der Waals surface area contributed by atoms with Gasteiger partial charge in [-0.05, 0) is 84.0 Å². The number of hydrogen-bond donors (Lipinski definition) is 3. The zero-order valence-electron chi connectivity index (χ0n) is 24.4. The van der Waals surface area contributed by atoms with Crippen LogP contribution in [0.2, 0.25) is 0 Å². The van der Waals surface area contributed by atoms with Crippen LogP contribution in [-0.4, -0.2) is 16.4 Å². The highest BCUT2D eigenvalue weighted by molar-refractivity contribution is 6.05. The molecule has 7 heteroatoms. The highest BCUT2D eigenvalue weighted by Crippen LogP contribution is 2.31. The summed E-state index contributed by atoms with van der Waals surface area (Å²) >= 11 is 0. The molecular weight excluding hydrogens is 512 g/mol. The van der Waals surface area contributed by atoms with Gasteiger partial charge in [-0.2, -0.15) is 0 Å². The molecule has 41 heavy (non-hydrogen) atoms. The van der Waals surface area contributed by atoms with Crippen molar-refractivity contribution in [3.63, 3.8) is 0 Å². The van der Waals surface area contributed by atoms with Crippen LogP contribution in [0.1, 0.15) is 47.8 Å². The summed E-state index contributed by atoms with van der Waals surface area (Å²) in [4.78, 5) is 37.9. The Balaban J connectivity index is 1.63. The van der Waals surface area contributed by atoms with Gasteiger partial charge in [0.2, 0.25) is 5.91 Å². The summed E-state index contributed by atoms with van der Waals surface area (Å²) in [6, 6.07) is 20.7. The number of nitrogens with zero attached hydrogens (tertiary/aromatic N) is 1. The normalized spacial score (nSPS) is 11.1. The van der Waals surface area contributed by atoms with Crippen molar-refractivity contribution < 1.29 is 9.59 Å². The molecule has 7 nitrogen and oxygen atoms in total. The minimum Gasteiger partial charge on any atom is -0.351 e. The van der Waals surface area contributed by atoms with Gasteiger partial charge in [0.1, 0.15) is 5.69 Å². The van der Waals surface area contributed by atoms with E-state index in [4.69, 9.17) is 0 Å². The molecule has 0 unspecified atom stereocenters. The van der Waals surface area contributed by atoms with Gasteiger partial charge >= 0.3 is 0 Å². The standard InChI is InChI=1S/C34H36N4O3/c1-8-31(39)36-29-19-26(17-12-21(29)2)35-30-18-24(20-38(7)33(30)41)27-10-9-11-28(22(27)3)37-32(40)23-13-15-25(16-14-23)34(4,5)6/h8-20,35H,1H2,2-7H3,(H,36,39)(H,37,40). The Kier molecular flexibility index (Phi) is 8.28. The lowest BCUT2D eigenvalue weighted by Crippen LogP contribution is -2.19. The number of pyridine rings is 1. The van der Waals surface area contributed by atoms with Crippen LogP contribution in [0.3, 0.4) is 0 Å². The first kappa shape index (κ1) is 29.1. The molecule has 4 rings (SSSR count). The van der Waals surface area contributed by atoms with Gasteiger partial charge in [-0.3, -0.25) is 14.4 Å². The largest absolute Gasteiger partial charge is 0.351 e. The number of anilines is 4. The molecule has 3 N–H and O–H groups in total. The van der Waals surface area contributed by atoms with E-state index >= 15 is 0 Å². The topological polar surface area (TPSA) is 92.2 Å². The molecule has 0 bridgehead atoms. The molecule has 1 heterocycles. The minimum absolute atomic E-state index is 0.00655. The van der Waals surface area contributed by atoms with E-state index in [0.717, 1.165) is 27.8 Å². The third kappa shape index (κ3) is 6.64. The quantitative estimate of drug-likeness (QED) is 0.215. The smallest absolute Gasteiger partial charge is 0.274 e. The van der Waals surface area contributed by atoms with E-state index in [-0.39, 0.29) is 22.8 Å². The summed E-state index contributed by atoms with van der Waals surface area (Å²) < 4.78 is 1.52. The van der Waals surface area contributed by atoms with Crippen LogP contribution in [0.15, 0.2) is 90.4 Å². The molecule has 0 spiro atoms. The zero-order valence-corrected chi connectivity index (χ0v) is 24.4. The predicted octanol–water partition coefficient (Wildman–Crippen LogP) is 7.09. The van der Waals surface area contributed by atoms with Gasteiger partial charge in [0.25, 0.3) is 11.5 Å². The number of hydrogen-bond acceptors (Lipinski definition) is 4. The van der Waals surface area contributed by atoms with E-state index < -0.39 is 0 Å². The number of amides is 2. The number of aromatic nitrogens is 1. The number of benzene rings is 3. The van der Waals surface area contributed by atoms with Crippen molar-refractivity contribution in [3.8, 4) is 11.1 Å². The van der Waals surface area contributed by atoms with Crippen molar-refractivity contribution in [3.05, 3.63) is 118 Å². The maximum Gasteiger partial charge on any atom is 0.274 e. The van der Waals surface area contributed by atoms with Crippen LogP contribution in [0.25, 0.3) is 11.1 Å². The Bertz CT molecular complexity index is 1690. The van der Waals surface area contributed by atoms with E-state index in [0.29, 0.717) is 28.3 Å². The van der Waals surface area contributed by atoms with Crippen LogP contribution in [-0.2, 0) is 17.3 Å². The zero-order chi connectivity index (χ0) is 29.9. The highest BCUT2D eigenvalue weighted by Gasteiger charge is 2.16. The molecular formula is C34H36N4O3. The van der Waals surface area contributed by atoms with Crippen LogP contribution < -0.4 is 21.5 Å². The number of aryl methyl sites for hydroxylation is 2. The third-order valence-electron chi connectivity index (χ3n) is 7.05. The van der Waals surface area contributed by atoms with Gasteiger partial charge in [0.05, 0.1) is 0 Å². The fourth-order valence-corrected chi connectivity index (χ4v) is 4.52. The SMILES string of the molecule is C=CC(=O)Nc1cc(Nc2cc(-c3cccc(NC(=O)c4ccc(C(C)(C)C)cc4)c3C)cn(C)c2=O)ccc1C. The van der Waals surface area contributed by atoms with Crippen molar-refractivity contribution in [1.29, 1.82) is 0 Å². The molecule has 0 saturated carbocycles. The first-order valence-corrected chi connectivity index (χ1v) is 13.4. The summed E-state index contributed by atoms with van der Waals surface area (Å²) in [7, 11) is 1.70. The van der Waals surface area contributed by atoms with Crippen molar-refractivity contribution in [2.45, 2.75) is 40.0 Å². The fraction of sp³-hybridized carbons (Fsp3) is 0.206. The summed E-state index contributed by atoms with van der Waals surface area (Å²) in [5.41, 5.74) is 7.34. The Morgan fingerprint density at radius 2 is 1.59 bits per heavy atom. The monoisotopic (exact) mass is 548 g/mol. The Hall–Kier alpha value is -4.91. The summed E-state index contributed by atoms with van der Waals surface area (Å²) in [6.07, 6.45) is 2.98. The number of rotatable bonds is 7. The number of carbonyl (C=O) groups excluding carboxylic acids is 2. The molecule has 0 saturated heterocycles. The molecule has 0 fully saturated rings. The van der Waals surface area contributed by atoms with E-state index in [1.807, 2.05) is 68.4 Å². The van der Waals surface area contributed by atoms with Crippen LogP contribution >= 0.6 is 0 Å². The minimum atomic E-state index is -0.312. The molecule has 3 aromatic carbocycles. The molecule has 0 radical (unpaired) electrons. The molecule has 1 aromatic heterocycles. The number of nitrogens with one attached hydrogen (secondary N) is 3. The lowest BCUT2D eigenvalue weighted by Gasteiger charge is -2.19. The average molecular weight is 549 g/mol. The van der Waals surface area contributed by atoms with Crippen molar-refractivity contribution in [2.75, 3.05) is 16.0 Å². The molecule has 2 amide bonds. The van der Waals surface area contributed by atoms with Crippen LogP contribution in [0.4, 0.5) is 22.7 Å². The van der Waals surface area contributed by atoms with E-state index in [9.17, 15) is 14.4 Å². The first-order chi connectivity index (χ1) is 19.4. The summed E-state index contributed by atoms with van der Waals surface area (Å²) in [5, 5.41) is 9.03. The van der Waals surface area contributed by atoms with Crippen LogP contribution in [0.5, 0.6) is 0 Å². The summed E-state index contributed by atoms with van der Waals surface area (Å²) in [5.74, 6) is -0.500. The van der Waals surface area contributed by atoms with E-state index in [1.165, 1.54) is 10.6 Å². The Labute approximate surface area is 240 Å². The van der Waals surface area contributed by atoms with Gasteiger partial charge in [-0.15, -0.1) is 0 Å². The van der Waals surface area contributed by atoms with E-state index in [2.05, 4.69) is 43.3 Å². The van der Waals surface area contributed by atoms with Crippen LogP contribution in [0, 0.1) is 13.8 Å². The lowest BCUT2D eigenvalue weighted by atomic mass is 9.86. The van der Waals surface area contributed by atoms with Crippen molar-refractivity contribution in [2.24, 2.45) is 7.05 Å². The van der Waals surface area contributed by atoms with Gasteiger partial charge in [0.15, 0.2) is 0 Å². The highest BCUT2D eigenvalue weighted by atomic mass is 16.2. The predicted molar refractivity (Wildman–Crippen MR) is 168 cm³/mol. The first-order valence-electron chi connectivity index (χ1n) is 13.4. The lowest BCUT2D eigenvalue weighted by molar-refractivity contribution is -0.111. The molecule has 0 aliphatic rings. The van der Waals surface area contributed by atoms with Crippen molar-refractivity contribution in [1.82, 2.24) is 4.57 Å². The second-order valence-corrected chi connectivity index (χ2v) is 11.2. The van der Waals surface area contributed by atoms with Gasteiger partial charge in [-0.1, -0.05) is 57.7 Å². The van der Waals surface area contributed by atoms with Gasteiger partial charge in [0, 0.05) is 41.4 Å². The Morgan fingerprint density at radius 1 is 0.878 bits per heavy atom. The fourth-order valence-electron chi connectivity index (χ4n) is 4.52. The molecule has 0 atom stereocenters. The number of carbonyl (C=O) groups is 2. The third-order valence-corrected chi connectivity index (χ3v) is 7.05. The molecule has 0 aliphatic heterocycles. The molecule has 210 valence electrons. The Morgan fingerprint density at radius 3 is 2.24 bits per heavy atom. The van der Waals surface area contributed by atoms with Crippen molar-refractivity contribution >= 4 is 34.6 Å². The molecule has 0 aliphatic carbocycles. The van der Waals surface area contributed by atoms with Gasteiger partial charge < -0.3 is 20.5 Å². The average Bonchev–Trinajstić information content (AvgIpc) is 2.93. The van der Waals surface area contributed by atoms with Gasteiger partial charge in [-0.25, -0.2) is 0 Å². The summed E-state index contributed by atoms with van der Waals surface area (Å²) in [6.45, 7) is 13.7. The second kappa shape index (κ2) is 11.7. The molecule has 4 aromatic rings. The van der Waals surface area contributed by atoms with E-state index in [1.54, 1.807) is 25.4 Å². The maximum absolute atomic E-state index is 13.1. The second-order valence-electron chi connectivity index (χ2n) is 11.2. The maximum atomic E-state index is 13.1.